The molecular formula is C23H31ClN2O4S. The number of halogens is 1. The van der Waals surface area contributed by atoms with Crippen molar-refractivity contribution in [3.05, 3.63) is 59.7 Å². The van der Waals surface area contributed by atoms with E-state index in [9.17, 15) is 13.2 Å². The topological polar surface area (TPSA) is 75.7 Å². The molecule has 0 aromatic heterocycles. The molecule has 2 unspecified atom stereocenters. The van der Waals surface area contributed by atoms with Gasteiger partial charge in [0.05, 0.1) is 23.3 Å². The van der Waals surface area contributed by atoms with Crippen molar-refractivity contribution in [2.75, 3.05) is 19.4 Å². The van der Waals surface area contributed by atoms with Gasteiger partial charge in [0.15, 0.2) is 9.84 Å². The summed E-state index contributed by atoms with van der Waals surface area (Å²) in [7, 11) is -1.93. The van der Waals surface area contributed by atoms with Gasteiger partial charge < -0.3 is 10.1 Å². The minimum Gasteiger partial charge on any atom is -0.496 e. The molecule has 31 heavy (non-hydrogen) atoms. The SMILES string of the molecule is CCS(=O)(=O)c1ccc(OC)c(C(=O)NCC2CCC(C)N2Cc2ccccc2)c1.Cl. The fourth-order valence-corrected chi connectivity index (χ4v) is 4.86. The van der Waals surface area contributed by atoms with Gasteiger partial charge in [0.25, 0.3) is 5.91 Å². The van der Waals surface area contributed by atoms with Crippen molar-refractivity contribution >= 4 is 28.2 Å². The zero-order chi connectivity index (χ0) is 21.7. The summed E-state index contributed by atoms with van der Waals surface area (Å²) in [6.45, 7) is 5.15. The quantitative estimate of drug-likeness (QED) is 0.642. The van der Waals surface area contributed by atoms with Crippen LogP contribution in [0.3, 0.4) is 0 Å². The number of carbonyl (C=O) groups is 1. The van der Waals surface area contributed by atoms with E-state index in [4.69, 9.17) is 4.74 Å². The van der Waals surface area contributed by atoms with E-state index in [0.29, 0.717) is 18.3 Å². The van der Waals surface area contributed by atoms with Crippen LogP contribution in [-0.4, -0.2) is 50.7 Å². The summed E-state index contributed by atoms with van der Waals surface area (Å²) in [6.07, 6.45) is 2.09. The molecule has 2 atom stereocenters. The molecule has 2 aromatic rings. The third-order valence-corrected chi connectivity index (χ3v) is 7.55. The molecule has 6 nitrogen and oxygen atoms in total. The molecule has 1 saturated heterocycles. The smallest absolute Gasteiger partial charge is 0.255 e. The average Bonchev–Trinajstić information content (AvgIpc) is 3.11. The van der Waals surface area contributed by atoms with Gasteiger partial charge >= 0.3 is 0 Å². The molecule has 1 heterocycles. The van der Waals surface area contributed by atoms with E-state index in [-0.39, 0.29) is 40.6 Å². The first kappa shape index (κ1) is 25.2. The van der Waals surface area contributed by atoms with Crippen LogP contribution >= 0.6 is 12.4 Å². The molecule has 1 N–H and O–H groups in total. The third-order valence-electron chi connectivity index (χ3n) is 5.81. The summed E-state index contributed by atoms with van der Waals surface area (Å²) in [5.74, 6) is 0.0251. The van der Waals surface area contributed by atoms with Gasteiger partial charge in [-0.05, 0) is 43.5 Å². The fourth-order valence-electron chi connectivity index (χ4n) is 3.95. The number of hydrogen-bond acceptors (Lipinski definition) is 5. The second kappa shape index (κ2) is 11.0. The zero-order valence-electron chi connectivity index (χ0n) is 18.2. The van der Waals surface area contributed by atoms with Crippen molar-refractivity contribution in [1.82, 2.24) is 10.2 Å². The Hall–Kier alpha value is -2.09. The van der Waals surface area contributed by atoms with Crippen molar-refractivity contribution in [2.24, 2.45) is 0 Å². The van der Waals surface area contributed by atoms with Crippen molar-refractivity contribution in [2.45, 2.75) is 50.2 Å². The summed E-state index contributed by atoms with van der Waals surface area (Å²) in [5.41, 5.74) is 1.49. The third kappa shape index (κ3) is 5.99. The van der Waals surface area contributed by atoms with E-state index < -0.39 is 9.84 Å². The minimum absolute atomic E-state index is 0. The highest BCUT2D eigenvalue weighted by molar-refractivity contribution is 7.91. The number of hydrogen-bond donors (Lipinski definition) is 1. The van der Waals surface area contributed by atoms with Gasteiger partial charge in [-0.15, -0.1) is 12.4 Å². The van der Waals surface area contributed by atoms with Crippen LogP contribution in [0.4, 0.5) is 0 Å². The number of amides is 1. The van der Waals surface area contributed by atoms with Crippen LogP contribution < -0.4 is 10.1 Å². The van der Waals surface area contributed by atoms with Gasteiger partial charge in [0, 0.05) is 25.2 Å². The summed E-state index contributed by atoms with van der Waals surface area (Å²) in [6, 6.07) is 15.4. The highest BCUT2D eigenvalue weighted by atomic mass is 35.5. The lowest BCUT2D eigenvalue weighted by atomic mass is 10.1. The number of benzene rings is 2. The van der Waals surface area contributed by atoms with Crippen molar-refractivity contribution in [3.63, 3.8) is 0 Å². The number of methoxy groups -OCH3 is 1. The summed E-state index contributed by atoms with van der Waals surface area (Å²) in [4.78, 5) is 15.4. The summed E-state index contributed by atoms with van der Waals surface area (Å²) < 4.78 is 29.7. The monoisotopic (exact) mass is 466 g/mol. The lowest BCUT2D eigenvalue weighted by Crippen LogP contribution is -2.42. The molecule has 1 fully saturated rings. The number of carbonyl (C=O) groups excluding carboxylic acids is 1. The highest BCUT2D eigenvalue weighted by Crippen LogP contribution is 2.27. The Kier molecular flexibility index (Phi) is 8.91. The Bertz CT molecular complexity index is 982. The molecule has 3 rings (SSSR count). The molecule has 0 spiro atoms. The fraction of sp³-hybridized carbons (Fsp3) is 0.435. The maximum atomic E-state index is 12.9. The number of ether oxygens (including phenoxy) is 1. The number of nitrogens with zero attached hydrogens (tertiary/aromatic N) is 1. The van der Waals surface area contributed by atoms with Crippen LogP contribution in [0.25, 0.3) is 0 Å². The van der Waals surface area contributed by atoms with Crippen molar-refractivity contribution < 1.29 is 17.9 Å². The average molecular weight is 467 g/mol. The highest BCUT2D eigenvalue weighted by Gasteiger charge is 2.31. The second-order valence-electron chi connectivity index (χ2n) is 7.71. The van der Waals surface area contributed by atoms with Gasteiger partial charge in [-0.25, -0.2) is 8.42 Å². The van der Waals surface area contributed by atoms with E-state index in [1.165, 1.54) is 30.9 Å². The first-order valence-electron chi connectivity index (χ1n) is 10.3. The molecule has 1 amide bonds. The second-order valence-corrected chi connectivity index (χ2v) is 9.99. The Morgan fingerprint density at radius 3 is 2.52 bits per heavy atom. The molecule has 8 heteroatoms. The van der Waals surface area contributed by atoms with E-state index in [0.717, 1.165) is 19.4 Å². The number of sulfone groups is 1. The standard InChI is InChI=1S/C23H30N2O4S.ClH/c1-4-30(27,28)20-12-13-22(29-3)21(14-20)23(26)24-15-19-11-10-17(2)25(19)16-18-8-6-5-7-9-18;/h5-9,12-14,17,19H,4,10-11,15-16H2,1-3H3,(H,24,26);1H. The van der Waals surface area contributed by atoms with E-state index in [2.05, 4.69) is 29.3 Å². The van der Waals surface area contributed by atoms with Crippen LogP contribution in [0.1, 0.15) is 42.6 Å². The molecule has 1 aliphatic heterocycles. The van der Waals surface area contributed by atoms with Crippen LogP contribution in [-0.2, 0) is 16.4 Å². The lowest BCUT2D eigenvalue weighted by Gasteiger charge is -2.28. The zero-order valence-corrected chi connectivity index (χ0v) is 19.8. The predicted molar refractivity (Wildman–Crippen MR) is 125 cm³/mol. The van der Waals surface area contributed by atoms with Gasteiger partial charge in [0.1, 0.15) is 5.75 Å². The maximum absolute atomic E-state index is 12.9. The molecule has 0 saturated carbocycles. The normalized spacial score (nSPS) is 18.9. The predicted octanol–water partition coefficient (Wildman–Crippen LogP) is 3.69. The van der Waals surface area contributed by atoms with Crippen molar-refractivity contribution in [3.8, 4) is 5.75 Å². The maximum Gasteiger partial charge on any atom is 0.255 e. The van der Waals surface area contributed by atoms with Gasteiger partial charge in [-0.1, -0.05) is 37.3 Å². The van der Waals surface area contributed by atoms with E-state index >= 15 is 0 Å². The van der Waals surface area contributed by atoms with Gasteiger partial charge in [0.2, 0.25) is 0 Å². The molecule has 0 radical (unpaired) electrons. The van der Waals surface area contributed by atoms with Crippen molar-refractivity contribution in [1.29, 1.82) is 0 Å². The lowest BCUT2D eigenvalue weighted by molar-refractivity contribution is 0.0931. The number of rotatable bonds is 8. The van der Waals surface area contributed by atoms with Crippen LogP contribution in [0.15, 0.2) is 53.4 Å². The number of nitrogens with one attached hydrogen (secondary N) is 1. The van der Waals surface area contributed by atoms with Crippen LogP contribution in [0.2, 0.25) is 0 Å². The number of likely N-dealkylation sites (tertiary alicyclic amines) is 1. The first-order valence-corrected chi connectivity index (χ1v) is 12.0. The van der Waals surface area contributed by atoms with Crippen LogP contribution in [0.5, 0.6) is 5.75 Å². The summed E-state index contributed by atoms with van der Waals surface area (Å²) in [5, 5.41) is 2.99. The summed E-state index contributed by atoms with van der Waals surface area (Å²) >= 11 is 0. The molecular weight excluding hydrogens is 436 g/mol. The van der Waals surface area contributed by atoms with E-state index in [1.807, 2.05) is 18.2 Å². The Labute approximate surface area is 191 Å². The molecule has 0 bridgehead atoms. The molecule has 0 aliphatic carbocycles. The molecule has 2 aromatic carbocycles. The van der Waals surface area contributed by atoms with Crippen LogP contribution in [0, 0.1) is 0 Å². The minimum atomic E-state index is -3.40. The van der Waals surface area contributed by atoms with Gasteiger partial charge in [-0.2, -0.15) is 0 Å². The first-order chi connectivity index (χ1) is 14.4. The van der Waals surface area contributed by atoms with Gasteiger partial charge in [-0.3, -0.25) is 9.69 Å². The molecule has 170 valence electrons. The Balaban J connectivity index is 0.00000341. The largest absolute Gasteiger partial charge is 0.496 e. The van der Waals surface area contributed by atoms with E-state index in [1.54, 1.807) is 6.92 Å². The Morgan fingerprint density at radius 2 is 1.87 bits per heavy atom. The molecule has 1 aliphatic rings. The Morgan fingerprint density at radius 1 is 1.16 bits per heavy atom.